The summed E-state index contributed by atoms with van der Waals surface area (Å²) < 4.78 is 12.8. The van der Waals surface area contributed by atoms with E-state index in [1.165, 1.54) is 0 Å². The summed E-state index contributed by atoms with van der Waals surface area (Å²) in [6.07, 6.45) is 0. The average molecular weight is 220 g/mol. The molecule has 6 heteroatoms. The molecule has 0 bridgehead atoms. The minimum absolute atomic E-state index is 0.0430. The standard InChI is InChI=1S/C8H7ClFNO3/c9-4-1-3(7(11)8(13)14)2-5(12)6(4)10/h1-2,7,12H,11H2,(H,13,14). The highest BCUT2D eigenvalue weighted by Gasteiger charge is 2.18. The van der Waals surface area contributed by atoms with E-state index in [2.05, 4.69) is 0 Å². The van der Waals surface area contributed by atoms with Crippen molar-refractivity contribution in [3.8, 4) is 5.75 Å². The predicted octanol–water partition coefficient (Wildman–Crippen LogP) is 1.27. The highest BCUT2D eigenvalue weighted by molar-refractivity contribution is 6.31. The summed E-state index contributed by atoms with van der Waals surface area (Å²) in [5, 5.41) is 17.2. The van der Waals surface area contributed by atoms with Crippen LogP contribution < -0.4 is 5.73 Å². The van der Waals surface area contributed by atoms with E-state index in [-0.39, 0.29) is 10.6 Å². The number of carboxylic acids is 1. The molecule has 0 heterocycles. The first-order chi connectivity index (χ1) is 6.43. The fourth-order valence-corrected chi connectivity index (χ4v) is 1.14. The molecule has 4 N–H and O–H groups in total. The number of phenolic OH excluding ortho intramolecular Hbond substituents is 1. The summed E-state index contributed by atoms with van der Waals surface area (Å²) in [5.74, 6) is -3.00. The summed E-state index contributed by atoms with van der Waals surface area (Å²) in [6, 6.07) is 0.661. The molecule has 1 rings (SSSR count). The number of carboxylic acid groups (broad SMARTS) is 1. The Kier molecular flexibility index (Phi) is 2.93. The summed E-state index contributed by atoms with van der Waals surface area (Å²) >= 11 is 5.38. The topological polar surface area (TPSA) is 83.6 Å². The maximum Gasteiger partial charge on any atom is 0.325 e. The normalized spacial score (nSPS) is 12.5. The van der Waals surface area contributed by atoms with Crippen LogP contribution in [0.2, 0.25) is 5.02 Å². The van der Waals surface area contributed by atoms with E-state index >= 15 is 0 Å². The van der Waals surface area contributed by atoms with Gasteiger partial charge in [-0.25, -0.2) is 4.39 Å². The zero-order chi connectivity index (χ0) is 10.9. The minimum Gasteiger partial charge on any atom is -0.505 e. The van der Waals surface area contributed by atoms with Crippen LogP contribution in [-0.4, -0.2) is 16.2 Å². The molecule has 1 atom stereocenters. The lowest BCUT2D eigenvalue weighted by Crippen LogP contribution is -2.20. The lowest BCUT2D eigenvalue weighted by Gasteiger charge is -2.08. The van der Waals surface area contributed by atoms with E-state index in [4.69, 9.17) is 27.5 Å². The van der Waals surface area contributed by atoms with Gasteiger partial charge in [0.25, 0.3) is 0 Å². The van der Waals surface area contributed by atoms with E-state index in [9.17, 15) is 9.18 Å². The zero-order valence-corrected chi connectivity index (χ0v) is 7.62. The zero-order valence-electron chi connectivity index (χ0n) is 6.87. The number of rotatable bonds is 2. The minimum atomic E-state index is -1.33. The molecule has 0 amide bonds. The van der Waals surface area contributed by atoms with Crippen molar-refractivity contribution in [2.75, 3.05) is 0 Å². The molecular weight excluding hydrogens is 213 g/mol. The summed E-state index contributed by atoms with van der Waals surface area (Å²) in [6.45, 7) is 0. The number of phenols is 1. The van der Waals surface area contributed by atoms with Crippen molar-refractivity contribution in [1.29, 1.82) is 0 Å². The van der Waals surface area contributed by atoms with Crippen molar-refractivity contribution >= 4 is 17.6 Å². The van der Waals surface area contributed by atoms with E-state index in [1.807, 2.05) is 0 Å². The Balaban J connectivity index is 3.19. The van der Waals surface area contributed by atoms with Gasteiger partial charge in [-0.15, -0.1) is 0 Å². The van der Waals surface area contributed by atoms with Crippen LogP contribution >= 0.6 is 11.6 Å². The molecule has 1 aromatic carbocycles. The van der Waals surface area contributed by atoms with Gasteiger partial charge in [-0.2, -0.15) is 0 Å². The van der Waals surface area contributed by atoms with Crippen LogP contribution in [0.15, 0.2) is 12.1 Å². The van der Waals surface area contributed by atoms with Gasteiger partial charge in [0.05, 0.1) is 5.02 Å². The van der Waals surface area contributed by atoms with Gasteiger partial charge in [-0.1, -0.05) is 11.6 Å². The molecule has 0 aromatic heterocycles. The first-order valence-corrected chi connectivity index (χ1v) is 3.97. The van der Waals surface area contributed by atoms with Gasteiger partial charge in [-0.3, -0.25) is 4.79 Å². The first kappa shape index (κ1) is 10.7. The highest BCUT2D eigenvalue weighted by atomic mass is 35.5. The molecule has 4 nitrogen and oxygen atoms in total. The predicted molar refractivity (Wildman–Crippen MR) is 47.6 cm³/mol. The number of aliphatic carboxylic acids is 1. The van der Waals surface area contributed by atoms with Gasteiger partial charge in [-0.05, 0) is 17.7 Å². The maximum atomic E-state index is 12.8. The molecule has 0 radical (unpaired) electrons. The molecule has 0 fully saturated rings. The van der Waals surface area contributed by atoms with E-state index in [1.54, 1.807) is 0 Å². The third kappa shape index (κ3) is 1.94. The fraction of sp³-hybridized carbons (Fsp3) is 0.125. The second-order valence-electron chi connectivity index (χ2n) is 2.65. The Labute approximate surface area is 83.7 Å². The average Bonchev–Trinajstić information content (AvgIpc) is 2.12. The van der Waals surface area contributed by atoms with Crippen molar-refractivity contribution < 1.29 is 19.4 Å². The Morgan fingerprint density at radius 2 is 2.14 bits per heavy atom. The Hall–Kier alpha value is -1.33. The van der Waals surface area contributed by atoms with Crippen LogP contribution in [0.4, 0.5) is 4.39 Å². The SMILES string of the molecule is NC(C(=O)O)c1cc(O)c(F)c(Cl)c1. The van der Waals surface area contributed by atoms with Crippen LogP contribution in [0.3, 0.4) is 0 Å². The molecule has 1 aromatic rings. The molecule has 14 heavy (non-hydrogen) atoms. The van der Waals surface area contributed by atoms with Gasteiger partial charge >= 0.3 is 5.97 Å². The number of carbonyl (C=O) groups is 1. The van der Waals surface area contributed by atoms with Crippen molar-refractivity contribution in [3.63, 3.8) is 0 Å². The van der Waals surface area contributed by atoms with Crippen LogP contribution in [-0.2, 0) is 4.79 Å². The highest BCUT2D eigenvalue weighted by Crippen LogP contribution is 2.27. The Bertz CT molecular complexity index is 360. The molecule has 0 saturated heterocycles. The lowest BCUT2D eigenvalue weighted by molar-refractivity contribution is -0.138. The Morgan fingerprint density at radius 1 is 1.57 bits per heavy atom. The van der Waals surface area contributed by atoms with Crippen LogP contribution in [0, 0.1) is 5.82 Å². The van der Waals surface area contributed by atoms with Gasteiger partial charge in [0.2, 0.25) is 0 Å². The van der Waals surface area contributed by atoms with Crippen LogP contribution in [0.25, 0.3) is 0 Å². The second kappa shape index (κ2) is 3.81. The summed E-state index contributed by atoms with van der Waals surface area (Å²) in [4.78, 5) is 10.5. The number of halogens is 2. The van der Waals surface area contributed by atoms with E-state index < -0.39 is 23.6 Å². The van der Waals surface area contributed by atoms with Gasteiger partial charge in [0, 0.05) is 0 Å². The first-order valence-electron chi connectivity index (χ1n) is 3.59. The third-order valence-corrected chi connectivity index (χ3v) is 1.93. The monoisotopic (exact) mass is 219 g/mol. The number of hydrogen-bond donors (Lipinski definition) is 3. The van der Waals surface area contributed by atoms with Crippen molar-refractivity contribution in [2.24, 2.45) is 5.73 Å². The van der Waals surface area contributed by atoms with Crippen molar-refractivity contribution in [3.05, 3.63) is 28.5 Å². The molecule has 1 unspecified atom stereocenters. The number of hydrogen-bond acceptors (Lipinski definition) is 3. The smallest absolute Gasteiger partial charge is 0.325 e. The number of nitrogens with two attached hydrogens (primary N) is 1. The molecule has 0 spiro atoms. The van der Waals surface area contributed by atoms with Crippen LogP contribution in [0.1, 0.15) is 11.6 Å². The van der Waals surface area contributed by atoms with Crippen LogP contribution in [0.5, 0.6) is 5.75 Å². The Morgan fingerprint density at radius 3 is 2.57 bits per heavy atom. The van der Waals surface area contributed by atoms with Crippen molar-refractivity contribution in [2.45, 2.75) is 6.04 Å². The maximum absolute atomic E-state index is 12.8. The van der Waals surface area contributed by atoms with E-state index in [0.717, 1.165) is 12.1 Å². The van der Waals surface area contributed by atoms with Crippen molar-refractivity contribution in [1.82, 2.24) is 0 Å². The number of aromatic hydroxyl groups is 1. The molecule has 0 aliphatic carbocycles. The molecule has 0 saturated carbocycles. The summed E-state index contributed by atoms with van der Waals surface area (Å²) in [7, 11) is 0. The third-order valence-electron chi connectivity index (χ3n) is 1.66. The van der Waals surface area contributed by atoms with Gasteiger partial charge < -0.3 is 15.9 Å². The largest absolute Gasteiger partial charge is 0.505 e. The van der Waals surface area contributed by atoms with Gasteiger partial charge in [0.1, 0.15) is 6.04 Å². The molecular formula is C8H7ClFNO3. The molecule has 0 aliphatic rings. The fourth-order valence-electron chi connectivity index (χ4n) is 0.917. The van der Waals surface area contributed by atoms with Gasteiger partial charge in [0.15, 0.2) is 11.6 Å². The second-order valence-corrected chi connectivity index (χ2v) is 3.06. The van der Waals surface area contributed by atoms with E-state index in [0.29, 0.717) is 0 Å². The molecule has 0 aliphatic heterocycles. The summed E-state index contributed by atoms with van der Waals surface area (Å²) in [5.41, 5.74) is 5.28. The quantitative estimate of drug-likeness (QED) is 0.699. The lowest BCUT2D eigenvalue weighted by atomic mass is 10.1. The molecule has 76 valence electrons. The number of benzene rings is 1.